The van der Waals surface area contributed by atoms with Crippen molar-refractivity contribution in [2.45, 2.75) is 47.0 Å². The summed E-state index contributed by atoms with van der Waals surface area (Å²) in [5.41, 5.74) is 5.37. The molecule has 0 saturated heterocycles. The molecule has 0 aliphatic heterocycles. The molecule has 0 amide bonds. The van der Waals surface area contributed by atoms with Crippen LogP contribution in [-0.2, 0) is 5.41 Å². The highest BCUT2D eigenvalue weighted by molar-refractivity contribution is 6.08. The second-order valence-electron chi connectivity index (χ2n) is 10.3. The molecule has 0 unspecified atom stereocenters. The summed E-state index contributed by atoms with van der Waals surface area (Å²) in [7, 11) is 0. The average Bonchev–Trinajstić information content (AvgIpc) is 2.80. The molecular weight excluding hydrogens is 436 g/mol. The summed E-state index contributed by atoms with van der Waals surface area (Å²) in [6.07, 6.45) is 3.24. The smallest absolute Gasteiger partial charge is 0.335 e. The Hall–Kier alpha value is -3.66. The van der Waals surface area contributed by atoms with Crippen LogP contribution in [0.5, 0.6) is 5.75 Å². The van der Waals surface area contributed by atoms with E-state index >= 15 is 0 Å². The number of aromatic carboxylic acids is 1. The van der Waals surface area contributed by atoms with Crippen LogP contribution in [0.1, 0.15) is 72.0 Å². The van der Waals surface area contributed by atoms with E-state index < -0.39 is 5.97 Å². The highest BCUT2D eigenvalue weighted by Gasteiger charge is 2.25. The quantitative estimate of drug-likeness (QED) is 0.272. The molecule has 0 radical (unpaired) electrons. The number of hydrogen-bond donors (Lipinski definition) is 1. The van der Waals surface area contributed by atoms with Crippen molar-refractivity contribution >= 4 is 17.8 Å². The van der Waals surface area contributed by atoms with E-state index in [9.17, 15) is 9.59 Å². The Morgan fingerprint density at radius 2 is 1.57 bits per heavy atom. The molecule has 3 aromatic carbocycles. The second kappa shape index (κ2) is 10.7. The van der Waals surface area contributed by atoms with Crippen molar-refractivity contribution in [2.24, 2.45) is 5.92 Å². The number of allylic oxidation sites excluding steroid dienone is 1. The lowest BCUT2D eigenvalue weighted by atomic mass is 9.82. The Bertz CT molecular complexity index is 1220. The van der Waals surface area contributed by atoms with Gasteiger partial charge < -0.3 is 9.84 Å². The van der Waals surface area contributed by atoms with Crippen LogP contribution >= 0.6 is 0 Å². The van der Waals surface area contributed by atoms with E-state index in [0.717, 1.165) is 28.0 Å². The first kappa shape index (κ1) is 26.0. The van der Waals surface area contributed by atoms with Gasteiger partial charge in [0.1, 0.15) is 5.75 Å². The van der Waals surface area contributed by atoms with E-state index in [1.165, 1.54) is 23.8 Å². The van der Waals surface area contributed by atoms with Crippen LogP contribution in [0, 0.1) is 12.8 Å². The summed E-state index contributed by atoms with van der Waals surface area (Å²) in [5, 5.41) is 9.08. The van der Waals surface area contributed by atoms with Gasteiger partial charge in [0, 0.05) is 16.7 Å². The Labute approximate surface area is 208 Å². The minimum absolute atomic E-state index is 0.124. The van der Waals surface area contributed by atoms with Gasteiger partial charge >= 0.3 is 5.97 Å². The molecule has 0 saturated carbocycles. The predicted molar refractivity (Wildman–Crippen MR) is 142 cm³/mol. The maximum atomic E-state index is 13.3. The number of carbonyl (C=O) groups is 2. The molecule has 0 heterocycles. The molecule has 0 fully saturated rings. The zero-order valence-corrected chi connectivity index (χ0v) is 21.4. The van der Waals surface area contributed by atoms with Crippen LogP contribution in [-0.4, -0.2) is 23.5 Å². The van der Waals surface area contributed by atoms with Crippen LogP contribution in [0.15, 0.2) is 66.7 Å². The zero-order chi connectivity index (χ0) is 25.8. The van der Waals surface area contributed by atoms with E-state index in [1.807, 2.05) is 19.1 Å². The van der Waals surface area contributed by atoms with E-state index in [4.69, 9.17) is 9.84 Å². The molecule has 4 heteroatoms. The van der Waals surface area contributed by atoms with Gasteiger partial charge in [-0.2, -0.15) is 0 Å². The first-order valence-corrected chi connectivity index (χ1v) is 11.9. The molecule has 182 valence electrons. The maximum Gasteiger partial charge on any atom is 0.335 e. The minimum atomic E-state index is -0.977. The van der Waals surface area contributed by atoms with Crippen LogP contribution in [0.4, 0.5) is 0 Å². The number of ether oxygens (including phenoxy) is 1. The average molecular weight is 471 g/mol. The van der Waals surface area contributed by atoms with E-state index in [-0.39, 0.29) is 16.8 Å². The Kier molecular flexibility index (Phi) is 7.96. The molecule has 0 aliphatic rings. The molecular formula is C31H34O4. The fraction of sp³-hybridized carbons (Fsp3) is 0.290. The topological polar surface area (TPSA) is 63.6 Å². The minimum Gasteiger partial charge on any atom is -0.492 e. The normalized spacial score (nSPS) is 11.7. The van der Waals surface area contributed by atoms with Crippen molar-refractivity contribution in [1.29, 1.82) is 0 Å². The van der Waals surface area contributed by atoms with Gasteiger partial charge in [-0.05, 0) is 59.7 Å². The summed E-state index contributed by atoms with van der Waals surface area (Å²) in [5.74, 6) is 0.0848. The molecule has 0 spiro atoms. The number of hydrogen-bond acceptors (Lipinski definition) is 3. The first-order valence-electron chi connectivity index (χ1n) is 11.9. The molecule has 0 aromatic heterocycles. The molecule has 0 aliphatic carbocycles. The van der Waals surface area contributed by atoms with Crippen molar-refractivity contribution in [2.75, 3.05) is 6.61 Å². The highest BCUT2D eigenvalue weighted by atomic mass is 16.5. The van der Waals surface area contributed by atoms with Crippen molar-refractivity contribution in [3.8, 4) is 16.9 Å². The van der Waals surface area contributed by atoms with Gasteiger partial charge in [0.25, 0.3) is 0 Å². The molecule has 3 aromatic rings. The highest BCUT2D eigenvalue weighted by Crippen LogP contribution is 2.41. The third-order valence-electron chi connectivity index (χ3n) is 5.69. The van der Waals surface area contributed by atoms with Gasteiger partial charge in [-0.3, -0.25) is 4.79 Å². The van der Waals surface area contributed by atoms with E-state index in [0.29, 0.717) is 18.1 Å². The second-order valence-corrected chi connectivity index (χ2v) is 10.3. The summed E-state index contributed by atoms with van der Waals surface area (Å²) in [4.78, 5) is 24.3. The molecule has 1 N–H and O–H groups in total. The lowest BCUT2D eigenvalue weighted by molar-refractivity contribution is 0.0696. The van der Waals surface area contributed by atoms with Crippen molar-refractivity contribution in [3.05, 3.63) is 94.6 Å². The number of rotatable bonds is 8. The summed E-state index contributed by atoms with van der Waals surface area (Å²) in [6, 6.07) is 18.5. The van der Waals surface area contributed by atoms with E-state index in [1.54, 1.807) is 18.2 Å². The first-order chi connectivity index (χ1) is 16.5. The van der Waals surface area contributed by atoms with E-state index in [2.05, 4.69) is 58.9 Å². The Morgan fingerprint density at radius 3 is 2.11 bits per heavy atom. The van der Waals surface area contributed by atoms with Crippen LogP contribution in [0.2, 0.25) is 0 Å². The van der Waals surface area contributed by atoms with Crippen LogP contribution in [0.3, 0.4) is 0 Å². The van der Waals surface area contributed by atoms with Crippen molar-refractivity contribution in [3.63, 3.8) is 0 Å². The third-order valence-corrected chi connectivity index (χ3v) is 5.69. The Morgan fingerprint density at radius 1 is 0.943 bits per heavy atom. The number of benzene rings is 3. The lowest BCUT2D eigenvalue weighted by Gasteiger charge is -2.26. The predicted octanol–water partition coefficient (Wildman–Crippen LogP) is 7.59. The molecule has 4 nitrogen and oxygen atoms in total. The van der Waals surface area contributed by atoms with Crippen molar-refractivity contribution < 1.29 is 19.4 Å². The number of carboxylic acids is 1. The number of carbonyl (C=O) groups excluding carboxylic acids is 1. The SMILES string of the molecule is Cc1ccc(-c2cc(C(=O)/C=C\c3ccc(C(=O)O)cc3)cc(C(C)(C)C)c2OCC(C)C)cc1. The monoisotopic (exact) mass is 470 g/mol. The summed E-state index contributed by atoms with van der Waals surface area (Å²) >= 11 is 0. The molecule has 0 atom stereocenters. The largest absolute Gasteiger partial charge is 0.492 e. The summed E-state index contributed by atoms with van der Waals surface area (Å²) < 4.78 is 6.36. The molecule has 3 rings (SSSR count). The Balaban J connectivity index is 2.08. The van der Waals surface area contributed by atoms with Gasteiger partial charge in [0.05, 0.1) is 12.2 Å². The van der Waals surface area contributed by atoms with Gasteiger partial charge in [-0.1, -0.05) is 82.7 Å². The fourth-order valence-electron chi connectivity index (χ4n) is 3.69. The fourth-order valence-corrected chi connectivity index (χ4v) is 3.69. The van der Waals surface area contributed by atoms with Crippen molar-refractivity contribution in [1.82, 2.24) is 0 Å². The third kappa shape index (κ3) is 6.69. The van der Waals surface area contributed by atoms with Gasteiger partial charge in [0.15, 0.2) is 5.78 Å². The molecule has 35 heavy (non-hydrogen) atoms. The van der Waals surface area contributed by atoms with Gasteiger partial charge in [-0.15, -0.1) is 0 Å². The van der Waals surface area contributed by atoms with Crippen LogP contribution in [0.25, 0.3) is 17.2 Å². The zero-order valence-electron chi connectivity index (χ0n) is 21.4. The van der Waals surface area contributed by atoms with Gasteiger partial charge in [-0.25, -0.2) is 4.79 Å². The number of carboxylic acid groups (broad SMARTS) is 1. The van der Waals surface area contributed by atoms with Gasteiger partial charge in [0.2, 0.25) is 0 Å². The summed E-state index contributed by atoms with van der Waals surface area (Å²) in [6.45, 7) is 13.2. The molecule has 0 bridgehead atoms. The maximum absolute atomic E-state index is 13.3. The number of aryl methyl sites for hydroxylation is 1. The standard InChI is InChI=1S/C31H34O4/c1-20(2)19-35-29-26(23-12-7-21(3)8-13-23)17-25(18-27(29)31(4,5)6)28(32)16-11-22-9-14-24(15-10-22)30(33)34/h7-18,20H,19H2,1-6H3,(H,33,34)/b16-11-. The van der Waals surface area contributed by atoms with Crippen LogP contribution < -0.4 is 4.74 Å². The lowest BCUT2D eigenvalue weighted by Crippen LogP contribution is -2.17. The number of ketones is 1.